The quantitative estimate of drug-likeness (QED) is 0.514. The highest BCUT2D eigenvalue weighted by atomic mass is 16.4. The van der Waals surface area contributed by atoms with Crippen LogP contribution in [0.2, 0.25) is 0 Å². The van der Waals surface area contributed by atoms with Gasteiger partial charge in [-0.15, -0.1) is 0 Å². The smallest absolute Gasteiger partial charge is 0.368 e. The largest absolute Gasteiger partial charge is 0.476 e. The Morgan fingerprint density at radius 3 is 1.86 bits per heavy atom. The summed E-state index contributed by atoms with van der Waals surface area (Å²) < 4.78 is 0. The summed E-state index contributed by atoms with van der Waals surface area (Å²) in [5.74, 6) is -1.80. The zero-order chi connectivity index (χ0) is 11.0. The molecule has 0 bridgehead atoms. The van der Waals surface area contributed by atoms with Crippen LogP contribution in [0.3, 0.4) is 0 Å². The molecule has 0 atom stereocenters. The van der Waals surface area contributed by atoms with Gasteiger partial charge in [0.1, 0.15) is 0 Å². The van der Waals surface area contributed by atoms with Gasteiger partial charge in [0.2, 0.25) is 12.2 Å². The third-order valence-corrected chi connectivity index (χ3v) is 1.16. The highest BCUT2D eigenvalue weighted by Gasteiger charge is 1.93. The predicted octanol–water partition coefficient (Wildman–Crippen LogP) is 0.0554. The third-order valence-electron chi connectivity index (χ3n) is 1.16. The van der Waals surface area contributed by atoms with Crippen LogP contribution >= 0.6 is 0 Å². The Kier molecular flexibility index (Phi) is 5.37. The molecule has 0 fully saturated rings. The molecule has 1 aromatic carbocycles. The summed E-state index contributed by atoms with van der Waals surface area (Å²) in [6, 6.07) is 8.76. The lowest BCUT2D eigenvalue weighted by atomic mass is 10.2. The van der Waals surface area contributed by atoms with Crippen LogP contribution in [0, 0.1) is 0 Å². The second kappa shape index (κ2) is 6.36. The molecule has 1 aromatic rings. The van der Waals surface area contributed by atoms with Crippen LogP contribution in [0.5, 0.6) is 0 Å². The lowest BCUT2D eigenvalue weighted by Gasteiger charge is -1.89. The summed E-state index contributed by atoms with van der Waals surface area (Å²) in [7, 11) is 0. The summed E-state index contributed by atoms with van der Waals surface area (Å²) in [6.07, 6.45) is -0.167. The number of amides is 1. The van der Waals surface area contributed by atoms with Crippen molar-refractivity contribution in [1.82, 2.24) is 0 Å². The highest BCUT2D eigenvalue weighted by Crippen LogP contribution is 1.94. The van der Waals surface area contributed by atoms with Gasteiger partial charge in [-0.3, -0.25) is 9.59 Å². The second-order valence-electron chi connectivity index (χ2n) is 2.19. The summed E-state index contributed by atoms with van der Waals surface area (Å²) in [5, 5.41) is 7.35. The van der Waals surface area contributed by atoms with E-state index in [-0.39, 0.29) is 12.2 Å². The zero-order valence-corrected chi connectivity index (χ0v) is 7.21. The molecule has 5 nitrogen and oxygen atoms in total. The van der Waals surface area contributed by atoms with Crippen LogP contribution in [0.4, 0.5) is 0 Å². The molecule has 0 unspecified atom stereocenters. The van der Waals surface area contributed by atoms with Gasteiger partial charge in [-0.25, -0.2) is 4.79 Å². The maximum absolute atomic E-state index is 10.4. The monoisotopic (exact) mass is 195 g/mol. The van der Waals surface area contributed by atoms with E-state index in [0.29, 0.717) is 5.56 Å². The first kappa shape index (κ1) is 11.8. The summed E-state index contributed by atoms with van der Waals surface area (Å²) in [4.78, 5) is 28.3. The van der Waals surface area contributed by atoms with Crippen molar-refractivity contribution in [3.63, 3.8) is 0 Å². The fourth-order valence-corrected chi connectivity index (χ4v) is 0.602. The Morgan fingerprint density at radius 2 is 1.64 bits per heavy atom. The number of benzene rings is 1. The van der Waals surface area contributed by atoms with Gasteiger partial charge in [0.25, 0.3) is 0 Å². The Hall–Kier alpha value is -2.17. The standard InChI is InChI=1S/C7H7NO.C2H2O3/c8-7(9)6-4-2-1-3-5-6;3-1-2(4)5/h1-5H,(H2,8,9);1H,(H,4,5). The van der Waals surface area contributed by atoms with Crippen LogP contribution in [0.1, 0.15) is 10.4 Å². The van der Waals surface area contributed by atoms with E-state index >= 15 is 0 Å². The lowest BCUT2D eigenvalue weighted by molar-refractivity contribution is -0.143. The number of carboxylic acid groups (broad SMARTS) is 1. The first-order valence-electron chi connectivity index (χ1n) is 3.61. The number of nitrogens with two attached hydrogens (primary N) is 1. The Labute approximate surface area is 80.2 Å². The van der Waals surface area contributed by atoms with E-state index in [2.05, 4.69) is 0 Å². The summed E-state index contributed by atoms with van der Waals surface area (Å²) in [5.41, 5.74) is 5.53. The molecule has 74 valence electrons. The fourth-order valence-electron chi connectivity index (χ4n) is 0.602. The molecule has 0 spiro atoms. The van der Waals surface area contributed by atoms with Gasteiger partial charge in [-0.2, -0.15) is 0 Å². The van der Waals surface area contributed by atoms with Gasteiger partial charge < -0.3 is 10.8 Å². The van der Waals surface area contributed by atoms with Crippen molar-refractivity contribution in [3.05, 3.63) is 35.9 Å². The molecule has 0 radical (unpaired) electrons. The number of rotatable bonds is 2. The van der Waals surface area contributed by atoms with Gasteiger partial charge in [0.05, 0.1) is 0 Å². The molecule has 0 aliphatic carbocycles. The maximum Gasteiger partial charge on any atom is 0.368 e. The number of carboxylic acids is 1. The van der Waals surface area contributed by atoms with Gasteiger partial charge in [0.15, 0.2) is 0 Å². The molecule has 3 N–H and O–H groups in total. The Bertz CT molecular complexity index is 321. The van der Waals surface area contributed by atoms with Gasteiger partial charge >= 0.3 is 5.97 Å². The average molecular weight is 195 g/mol. The van der Waals surface area contributed by atoms with E-state index in [1.54, 1.807) is 24.3 Å². The summed E-state index contributed by atoms with van der Waals surface area (Å²) in [6.45, 7) is 0. The third kappa shape index (κ3) is 5.48. The summed E-state index contributed by atoms with van der Waals surface area (Å²) >= 11 is 0. The van der Waals surface area contributed by atoms with E-state index in [9.17, 15) is 4.79 Å². The van der Waals surface area contributed by atoms with Crippen LogP contribution < -0.4 is 5.73 Å². The first-order chi connectivity index (χ1) is 6.57. The van der Waals surface area contributed by atoms with Crippen LogP contribution in [-0.4, -0.2) is 23.3 Å². The maximum atomic E-state index is 10.4. The average Bonchev–Trinajstić information content (AvgIpc) is 2.20. The molecule has 1 rings (SSSR count). The second-order valence-corrected chi connectivity index (χ2v) is 2.19. The van der Waals surface area contributed by atoms with Crippen molar-refractivity contribution < 1.29 is 19.5 Å². The molecule has 1 amide bonds. The van der Waals surface area contributed by atoms with Crippen LogP contribution in [-0.2, 0) is 9.59 Å². The molecule has 0 aromatic heterocycles. The topological polar surface area (TPSA) is 97.5 Å². The van der Waals surface area contributed by atoms with E-state index in [4.69, 9.17) is 20.4 Å². The number of hydrogen-bond acceptors (Lipinski definition) is 3. The normalized spacial score (nSPS) is 8.00. The van der Waals surface area contributed by atoms with E-state index in [0.717, 1.165) is 0 Å². The van der Waals surface area contributed by atoms with E-state index in [1.807, 2.05) is 6.07 Å². The van der Waals surface area contributed by atoms with Crippen molar-refractivity contribution in [2.75, 3.05) is 0 Å². The minimum absolute atomic E-state index is 0.167. The molecule has 0 saturated heterocycles. The van der Waals surface area contributed by atoms with Gasteiger partial charge in [-0.1, -0.05) is 18.2 Å². The Morgan fingerprint density at radius 1 is 1.21 bits per heavy atom. The zero-order valence-electron chi connectivity index (χ0n) is 7.21. The number of hydrogen-bond donors (Lipinski definition) is 2. The number of aliphatic carboxylic acids is 1. The predicted molar refractivity (Wildman–Crippen MR) is 48.7 cm³/mol. The molecular formula is C9H9NO4. The van der Waals surface area contributed by atoms with Gasteiger partial charge in [0, 0.05) is 5.56 Å². The molecule has 0 aliphatic heterocycles. The number of primary amides is 1. The number of aldehydes is 1. The van der Waals surface area contributed by atoms with Gasteiger partial charge in [-0.05, 0) is 12.1 Å². The fraction of sp³-hybridized carbons (Fsp3) is 0. The minimum Gasteiger partial charge on any atom is -0.476 e. The molecule has 14 heavy (non-hydrogen) atoms. The van der Waals surface area contributed by atoms with E-state index < -0.39 is 5.97 Å². The lowest BCUT2D eigenvalue weighted by Crippen LogP contribution is -2.09. The van der Waals surface area contributed by atoms with Crippen LogP contribution in [0.25, 0.3) is 0 Å². The minimum atomic E-state index is -1.43. The molecule has 0 heterocycles. The number of carbonyl (C=O) groups is 3. The first-order valence-corrected chi connectivity index (χ1v) is 3.61. The molecule has 0 saturated carbocycles. The van der Waals surface area contributed by atoms with Crippen LogP contribution in [0.15, 0.2) is 30.3 Å². The highest BCUT2D eigenvalue weighted by molar-refractivity contribution is 6.19. The van der Waals surface area contributed by atoms with Crippen molar-refractivity contribution >= 4 is 18.2 Å². The van der Waals surface area contributed by atoms with Crippen molar-refractivity contribution in [1.29, 1.82) is 0 Å². The number of carbonyl (C=O) groups excluding carboxylic acids is 2. The molecule has 0 aliphatic rings. The van der Waals surface area contributed by atoms with Crippen molar-refractivity contribution in [2.45, 2.75) is 0 Å². The van der Waals surface area contributed by atoms with Crippen molar-refractivity contribution in [3.8, 4) is 0 Å². The molecule has 5 heteroatoms. The van der Waals surface area contributed by atoms with E-state index in [1.165, 1.54) is 0 Å². The molecular weight excluding hydrogens is 186 g/mol. The Balaban J connectivity index is 0.000000292. The van der Waals surface area contributed by atoms with Crippen molar-refractivity contribution in [2.24, 2.45) is 5.73 Å². The SMILES string of the molecule is NC(=O)c1ccccc1.O=CC(=O)O.